The van der Waals surface area contributed by atoms with Crippen LogP contribution in [0.5, 0.6) is 11.5 Å². The van der Waals surface area contributed by atoms with Gasteiger partial charge in [0.15, 0.2) is 11.6 Å². The minimum Gasteiger partial charge on any atom is -0.491 e. The van der Waals surface area contributed by atoms with Crippen LogP contribution < -0.4 is 14.8 Å². The third-order valence-corrected chi connectivity index (χ3v) is 6.00. The fraction of sp³-hybridized carbons (Fsp3) is 0.227. The van der Waals surface area contributed by atoms with Crippen molar-refractivity contribution in [2.24, 2.45) is 0 Å². The Morgan fingerprint density at radius 3 is 2.73 bits per heavy atom. The molecule has 1 N–H and O–H groups in total. The van der Waals surface area contributed by atoms with Crippen molar-refractivity contribution in [1.82, 2.24) is 15.3 Å². The van der Waals surface area contributed by atoms with E-state index in [9.17, 15) is 22.4 Å². The van der Waals surface area contributed by atoms with E-state index in [0.717, 1.165) is 17.7 Å². The SMILES string of the molecule is Cc1cc(C(=O)N[C@]2(c3ccc(OC(F)(F)F)c(F)c3)CCOc3cccnc32)ncc1Br. The van der Waals surface area contributed by atoms with Crippen LogP contribution in [-0.4, -0.2) is 28.8 Å². The van der Waals surface area contributed by atoms with E-state index in [1.165, 1.54) is 18.5 Å². The zero-order chi connectivity index (χ0) is 23.8. The van der Waals surface area contributed by atoms with Gasteiger partial charge in [0.25, 0.3) is 5.91 Å². The fourth-order valence-electron chi connectivity index (χ4n) is 3.63. The predicted octanol–water partition coefficient (Wildman–Crippen LogP) is 5.04. The molecule has 4 rings (SSSR count). The van der Waals surface area contributed by atoms with E-state index in [0.29, 0.717) is 15.9 Å². The number of hydrogen-bond donors (Lipinski definition) is 1. The molecule has 0 fully saturated rings. The van der Waals surface area contributed by atoms with Crippen LogP contribution in [0.25, 0.3) is 0 Å². The summed E-state index contributed by atoms with van der Waals surface area (Å²) in [5, 5.41) is 2.87. The topological polar surface area (TPSA) is 73.3 Å². The van der Waals surface area contributed by atoms with E-state index in [2.05, 4.69) is 36.0 Å². The summed E-state index contributed by atoms with van der Waals surface area (Å²) in [7, 11) is 0. The first-order chi connectivity index (χ1) is 15.6. The Morgan fingerprint density at radius 2 is 2.03 bits per heavy atom. The van der Waals surface area contributed by atoms with Crippen molar-refractivity contribution in [3.63, 3.8) is 0 Å². The van der Waals surface area contributed by atoms with E-state index in [1.54, 1.807) is 25.1 Å². The molecule has 172 valence electrons. The van der Waals surface area contributed by atoms with E-state index < -0.39 is 29.4 Å². The van der Waals surface area contributed by atoms with Gasteiger partial charge in [-0.15, -0.1) is 13.2 Å². The molecule has 0 aliphatic carbocycles. The van der Waals surface area contributed by atoms with Crippen molar-refractivity contribution in [3.05, 3.63) is 81.6 Å². The molecule has 1 aromatic carbocycles. The number of nitrogens with one attached hydrogen (secondary N) is 1. The zero-order valence-corrected chi connectivity index (χ0v) is 18.6. The van der Waals surface area contributed by atoms with Crippen molar-refractivity contribution in [2.75, 3.05) is 6.61 Å². The van der Waals surface area contributed by atoms with Gasteiger partial charge in [-0.1, -0.05) is 6.07 Å². The number of aryl methyl sites for hydroxylation is 1. The van der Waals surface area contributed by atoms with Crippen LogP contribution in [0.2, 0.25) is 0 Å². The Balaban J connectivity index is 1.81. The molecule has 0 bridgehead atoms. The number of nitrogens with zero attached hydrogens (tertiary/aromatic N) is 2. The highest BCUT2D eigenvalue weighted by atomic mass is 79.9. The number of pyridine rings is 2. The van der Waals surface area contributed by atoms with Crippen LogP contribution in [0.4, 0.5) is 17.6 Å². The first-order valence-corrected chi connectivity index (χ1v) is 10.5. The summed E-state index contributed by atoms with van der Waals surface area (Å²) in [6.45, 7) is 1.94. The van der Waals surface area contributed by atoms with Crippen LogP contribution in [-0.2, 0) is 5.54 Å². The number of ether oxygens (including phenoxy) is 2. The summed E-state index contributed by atoms with van der Waals surface area (Å²) in [6, 6.07) is 7.87. The molecule has 6 nitrogen and oxygen atoms in total. The largest absolute Gasteiger partial charge is 0.573 e. The number of aromatic nitrogens is 2. The van der Waals surface area contributed by atoms with Gasteiger partial charge in [-0.25, -0.2) is 9.37 Å². The number of hydrogen-bond acceptors (Lipinski definition) is 5. The van der Waals surface area contributed by atoms with Gasteiger partial charge < -0.3 is 14.8 Å². The first kappa shape index (κ1) is 23.0. The number of halogens is 5. The summed E-state index contributed by atoms with van der Waals surface area (Å²) in [5.41, 5.74) is -0.0279. The molecule has 1 atom stereocenters. The maximum atomic E-state index is 14.6. The molecule has 11 heteroatoms. The van der Waals surface area contributed by atoms with E-state index in [-0.39, 0.29) is 24.3 Å². The molecule has 0 saturated carbocycles. The lowest BCUT2D eigenvalue weighted by molar-refractivity contribution is -0.275. The molecule has 0 spiro atoms. The smallest absolute Gasteiger partial charge is 0.491 e. The minimum absolute atomic E-state index is 0.108. The third kappa shape index (κ3) is 4.63. The van der Waals surface area contributed by atoms with Crippen molar-refractivity contribution in [2.45, 2.75) is 25.2 Å². The quantitative estimate of drug-likeness (QED) is 0.483. The molecule has 33 heavy (non-hydrogen) atoms. The monoisotopic (exact) mass is 525 g/mol. The zero-order valence-electron chi connectivity index (χ0n) is 17.0. The summed E-state index contributed by atoms with van der Waals surface area (Å²) < 4.78 is 62.5. The highest BCUT2D eigenvalue weighted by molar-refractivity contribution is 9.10. The van der Waals surface area contributed by atoms with Gasteiger partial charge in [0.2, 0.25) is 0 Å². The molecule has 3 heterocycles. The average Bonchev–Trinajstić information content (AvgIpc) is 2.76. The molecule has 0 saturated heterocycles. The number of carbonyl (C=O) groups is 1. The van der Waals surface area contributed by atoms with Crippen LogP contribution in [0.3, 0.4) is 0 Å². The summed E-state index contributed by atoms with van der Waals surface area (Å²) in [6.07, 6.45) is -1.94. The Kier molecular flexibility index (Phi) is 6.00. The lowest BCUT2D eigenvalue weighted by Gasteiger charge is -2.39. The molecule has 1 aliphatic heterocycles. The molecule has 1 aliphatic rings. The molecular formula is C22H16BrF4N3O3. The van der Waals surface area contributed by atoms with Gasteiger partial charge in [0.05, 0.1) is 6.61 Å². The predicted molar refractivity (Wildman–Crippen MR) is 112 cm³/mol. The Morgan fingerprint density at radius 1 is 1.24 bits per heavy atom. The second kappa shape index (κ2) is 8.62. The lowest BCUT2D eigenvalue weighted by atomic mass is 9.81. The van der Waals surface area contributed by atoms with Crippen LogP contribution in [0.15, 0.2) is 53.3 Å². The summed E-state index contributed by atoms with van der Waals surface area (Å²) >= 11 is 3.33. The second-order valence-corrected chi connectivity index (χ2v) is 8.17. The highest BCUT2D eigenvalue weighted by Crippen LogP contribution is 2.42. The molecule has 2 aromatic heterocycles. The number of rotatable bonds is 4. The van der Waals surface area contributed by atoms with Crippen LogP contribution in [0.1, 0.15) is 33.7 Å². The number of carbonyl (C=O) groups excluding carboxylic acids is 1. The maximum absolute atomic E-state index is 14.6. The molecule has 1 amide bonds. The molecule has 3 aromatic rings. The Hall–Kier alpha value is -3.21. The maximum Gasteiger partial charge on any atom is 0.573 e. The number of alkyl halides is 3. The van der Waals surface area contributed by atoms with Gasteiger partial charge >= 0.3 is 6.36 Å². The van der Waals surface area contributed by atoms with Gasteiger partial charge in [-0.2, -0.15) is 0 Å². The fourth-order valence-corrected chi connectivity index (χ4v) is 3.85. The number of benzene rings is 1. The Labute approximate surface area is 194 Å². The standard InChI is InChI=1S/C22H16BrF4N3O3/c1-12-9-16(29-11-14(12)23)20(31)30-21(6-8-32-18-3-2-7-28-19(18)21)13-4-5-17(15(24)10-13)33-22(25,26)27/h2-5,7,9-11H,6,8H2,1H3,(H,30,31)/t21-/m0/s1. The van der Waals surface area contributed by atoms with Gasteiger partial charge in [0.1, 0.15) is 22.7 Å². The van der Waals surface area contributed by atoms with E-state index in [4.69, 9.17) is 4.74 Å². The van der Waals surface area contributed by atoms with Gasteiger partial charge in [-0.3, -0.25) is 9.78 Å². The van der Waals surface area contributed by atoms with E-state index >= 15 is 0 Å². The second-order valence-electron chi connectivity index (χ2n) is 7.32. The van der Waals surface area contributed by atoms with Crippen molar-refractivity contribution >= 4 is 21.8 Å². The first-order valence-electron chi connectivity index (χ1n) is 9.68. The van der Waals surface area contributed by atoms with Gasteiger partial charge in [-0.05, 0) is 64.3 Å². The summed E-state index contributed by atoms with van der Waals surface area (Å²) in [5.74, 6) is -2.42. The Bertz CT molecular complexity index is 1220. The highest BCUT2D eigenvalue weighted by Gasteiger charge is 2.43. The van der Waals surface area contributed by atoms with Crippen molar-refractivity contribution in [3.8, 4) is 11.5 Å². The number of amides is 1. The normalized spacial score (nSPS) is 17.6. The van der Waals surface area contributed by atoms with E-state index in [1.807, 2.05) is 0 Å². The lowest BCUT2D eigenvalue weighted by Crippen LogP contribution is -2.50. The average molecular weight is 526 g/mol. The van der Waals surface area contributed by atoms with Crippen molar-refractivity contribution in [1.29, 1.82) is 0 Å². The third-order valence-electron chi connectivity index (χ3n) is 5.17. The van der Waals surface area contributed by atoms with Crippen molar-refractivity contribution < 1.29 is 31.8 Å². The molecule has 0 radical (unpaired) electrons. The molecular weight excluding hydrogens is 510 g/mol. The minimum atomic E-state index is -5.05. The van der Waals surface area contributed by atoms with Gasteiger partial charge in [0, 0.05) is 23.3 Å². The van der Waals surface area contributed by atoms with Crippen LogP contribution in [0, 0.1) is 12.7 Å². The number of fused-ring (bicyclic) bond motifs is 1. The molecule has 0 unspecified atom stereocenters. The van der Waals surface area contributed by atoms with Crippen LogP contribution >= 0.6 is 15.9 Å². The summed E-state index contributed by atoms with van der Waals surface area (Å²) in [4.78, 5) is 21.6.